The molecule has 9 aromatic carbocycles. The lowest BCUT2D eigenvalue weighted by atomic mass is 9.78. The molecule has 0 atom stereocenters. The highest BCUT2D eigenvalue weighted by atomic mass is 16.3. The molecule has 0 amide bonds. The Morgan fingerprint density at radius 2 is 0.871 bits per heavy atom. The maximum atomic E-state index is 6.34. The molecule has 2 nitrogen and oxygen atoms in total. The molecule has 0 radical (unpaired) electrons. The molecule has 10 aromatic rings. The van der Waals surface area contributed by atoms with Gasteiger partial charge in [0.05, 0.1) is 0 Å². The molecule has 0 unspecified atom stereocenters. The Bertz CT molecular complexity index is 3420. The molecule has 62 heavy (non-hydrogen) atoms. The monoisotopic (exact) mass is 795 g/mol. The predicted molar refractivity (Wildman–Crippen MR) is 260 cm³/mol. The minimum atomic E-state index is -0.130. The zero-order valence-electron chi connectivity index (χ0n) is 35.4. The van der Waals surface area contributed by atoms with Gasteiger partial charge in [-0.15, -0.1) is 0 Å². The second-order valence-electron chi connectivity index (χ2n) is 18.1. The molecule has 0 saturated carbocycles. The summed E-state index contributed by atoms with van der Waals surface area (Å²) in [5, 5.41) is 2.27. The van der Waals surface area contributed by atoms with Crippen LogP contribution in [-0.2, 0) is 10.8 Å². The van der Waals surface area contributed by atoms with Crippen LogP contribution in [0.5, 0.6) is 0 Å². The van der Waals surface area contributed by atoms with Crippen molar-refractivity contribution in [1.82, 2.24) is 0 Å². The van der Waals surface area contributed by atoms with Crippen LogP contribution in [0.25, 0.3) is 77.6 Å². The van der Waals surface area contributed by atoms with E-state index in [9.17, 15) is 0 Å². The summed E-state index contributed by atoms with van der Waals surface area (Å²) >= 11 is 0. The largest absolute Gasteiger partial charge is 0.456 e. The van der Waals surface area contributed by atoms with Crippen molar-refractivity contribution < 1.29 is 4.42 Å². The van der Waals surface area contributed by atoms with Crippen molar-refractivity contribution in [1.29, 1.82) is 0 Å². The van der Waals surface area contributed by atoms with E-state index in [4.69, 9.17) is 4.42 Å². The van der Waals surface area contributed by atoms with Gasteiger partial charge in [-0.1, -0.05) is 179 Å². The predicted octanol–water partition coefficient (Wildman–Crippen LogP) is 16.7. The number of hydrogen-bond acceptors (Lipinski definition) is 2. The summed E-state index contributed by atoms with van der Waals surface area (Å²) < 4.78 is 6.34. The first-order valence-electron chi connectivity index (χ1n) is 21.8. The quantitative estimate of drug-likeness (QED) is 0.167. The Morgan fingerprint density at radius 3 is 1.66 bits per heavy atom. The lowest BCUT2D eigenvalue weighted by molar-refractivity contribution is 0.660. The summed E-state index contributed by atoms with van der Waals surface area (Å²) in [5.41, 5.74) is 23.0. The van der Waals surface area contributed by atoms with Crippen LogP contribution < -0.4 is 4.90 Å². The summed E-state index contributed by atoms with van der Waals surface area (Å²) in [6.45, 7) is 9.46. The second-order valence-corrected chi connectivity index (χ2v) is 18.1. The van der Waals surface area contributed by atoms with Gasteiger partial charge in [0.25, 0.3) is 0 Å². The van der Waals surface area contributed by atoms with Crippen molar-refractivity contribution in [3.63, 3.8) is 0 Å². The van der Waals surface area contributed by atoms with Crippen LogP contribution in [0.3, 0.4) is 0 Å². The molecule has 0 aliphatic heterocycles. The molecule has 1 heterocycles. The molecule has 12 rings (SSSR count). The molecular formula is C60H45NO. The van der Waals surface area contributed by atoms with Crippen LogP contribution in [0.1, 0.15) is 49.9 Å². The second kappa shape index (κ2) is 13.5. The molecule has 0 fully saturated rings. The maximum Gasteiger partial charge on any atom is 0.136 e. The summed E-state index contributed by atoms with van der Waals surface area (Å²) in [4.78, 5) is 2.43. The van der Waals surface area contributed by atoms with Gasteiger partial charge in [0.2, 0.25) is 0 Å². The van der Waals surface area contributed by atoms with E-state index in [0.717, 1.165) is 50.1 Å². The molecule has 2 heteroatoms. The van der Waals surface area contributed by atoms with Crippen molar-refractivity contribution in [2.24, 2.45) is 0 Å². The lowest BCUT2D eigenvalue weighted by Crippen LogP contribution is -2.16. The van der Waals surface area contributed by atoms with Gasteiger partial charge in [-0.3, -0.25) is 0 Å². The minimum Gasteiger partial charge on any atom is -0.456 e. The number of hydrogen-bond donors (Lipinski definition) is 0. The summed E-state index contributed by atoms with van der Waals surface area (Å²) in [6.07, 6.45) is 0. The van der Waals surface area contributed by atoms with Crippen LogP contribution in [0.2, 0.25) is 0 Å². The fourth-order valence-corrected chi connectivity index (χ4v) is 10.9. The fraction of sp³-hybridized carbons (Fsp3) is 0.100. The Hall–Kier alpha value is -7.42. The van der Waals surface area contributed by atoms with Gasteiger partial charge < -0.3 is 9.32 Å². The molecule has 1 aromatic heterocycles. The summed E-state index contributed by atoms with van der Waals surface area (Å²) in [6, 6.07) is 73.5. The van der Waals surface area contributed by atoms with E-state index in [0.29, 0.717) is 0 Å². The molecule has 0 saturated heterocycles. The highest BCUT2D eigenvalue weighted by Gasteiger charge is 2.38. The molecule has 296 valence electrons. The molecule has 0 bridgehead atoms. The number of furan rings is 1. The lowest BCUT2D eigenvalue weighted by Gasteiger charge is -2.29. The number of para-hydroxylation sites is 1. The van der Waals surface area contributed by atoms with E-state index in [-0.39, 0.29) is 10.8 Å². The first kappa shape index (κ1) is 36.4. The fourth-order valence-electron chi connectivity index (χ4n) is 10.9. The number of nitrogens with zero attached hydrogens (tertiary/aromatic N) is 1. The minimum absolute atomic E-state index is 0.115. The van der Waals surface area contributed by atoms with Gasteiger partial charge in [-0.05, 0) is 126 Å². The smallest absolute Gasteiger partial charge is 0.136 e. The van der Waals surface area contributed by atoms with E-state index in [1.807, 2.05) is 6.07 Å². The molecule has 2 aliphatic rings. The molecule has 2 aliphatic carbocycles. The van der Waals surface area contributed by atoms with Crippen molar-refractivity contribution in [3.05, 3.63) is 222 Å². The Labute approximate surface area is 363 Å². The molecule has 0 spiro atoms. The van der Waals surface area contributed by atoms with Gasteiger partial charge in [0, 0.05) is 38.7 Å². The zero-order chi connectivity index (χ0) is 41.7. The van der Waals surface area contributed by atoms with Gasteiger partial charge in [0.15, 0.2) is 0 Å². The van der Waals surface area contributed by atoms with Gasteiger partial charge >= 0.3 is 0 Å². The van der Waals surface area contributed by atoms with Crippen LogP contribution >= 0.6 is 0 Å². The standard InChI is InChI=1S/C60H45NO/c1-59(2)52-26-10-7-20-46(52)48-35-34-42(37-54(48)59)61(41-17-13-16-39(36-41)44-23-15-29-56-57(44)51-22-9-12-28-55(51)62-56)40-32-30-38(31-33-40)43-18-5-6-19-45(43)49-24-14-25-50-47-21-8-11-27-53(47)60(3,4)58(49)50/h5-37H,1-4H3. The zero-order valence-corrected chi connectivity index (χ0v) is 35.4. The molecule has 0 N–H and O–H groups in total. The molecular weight excluding hydrogens is 751 g/mol. The van der Waals surface area contributed by atoms with Gasteiger partial charge in [-0.25, -0.2) is 0 Å². The topological polar surface area (TPSA) is 16.4 Å². The number of benzene rings is 9. The SMILES string of the molecule is CC1(C)c2ccccc2-c2ccc(N(c3ccc(-c4ccccc4-c4cccc5c4C(C)(C)c4ccccc4-5)cc3)c3cccc(-c4cccc5oc6ccccc6c45)c3)cc21. The third-order valence-corrected chi connectivity index (χ3v) is 13.9. The third-order valence-electron chi connectivity index (χ3n) is 13.9. The summed E-state index contributed by atoms with van der Waals surface area (Å²) in [7, 11) is 0. The van der Waals surface area contributed by atoms with Crippen molar-refractivity contribution in [2.45, 2.75) is 38.5 Å². The summed E-state index contributed by atoms with van der Waals surface area (Å²) in [5.74, 6) is 0. The third kappa shape index (κ3) is 5.36. The van der Waals surface area contributed by atoms with Crippen molar-refractivity contribution in [3.8, 4) is 55.6 Å². The van der Waals surface area contributed by atoms with E-state index in [1.54, 1.807) is 0 Å². The van der Waals surface area contributed by atoms with Crippen LogP contribution in [-0.4, -0.2) is 0 Å². The Morgan fingerprint density at radius 1 is 0.339 bits per heavy atom. The number of fused-ring (bicyclic) bond motifs is 9. The van der Waals surface area contributed by atoms with E-state index in [2.05, 4.69) is 227 Å². The highest BCUT2D eigenvalue weighted by Crippen LogP contribution is 2.54. The maximum absolute atomic E-state index is 6.34. The van der Waals surface area contributed by atoms with Gasteiger partial charge in [0.1, 0.15) is 11.2 Å². The first-order valence-corrected chi connectivity index (χ1v) is 21.8. The normalized spacial score (nSPS) is 14.1. The number of rotatable bonds is 6. The van der Waals surface area contributed by atoms with E-state index >= 15 is 0 Å². The average Bonchev–Trinajstić information content (AvgIpc) is 3.89. The van der Waals surface area contributed by atoms with Gasteiger partial charge in [-0.2, -0.15) is 0 Å². The average molecular weight is 796 g/mol. The highest BCUT2D eigenvalue weighted by molar-refractivity contribution is 6.12. The van der Waals surface area contributed by atoms with Crippen molar-refractivity contribution >= 4 is 39.0 Å². The Kier molecular flexibility index (Phi) is 7.96. The van der Waals surface area contributed by atoms with E-state index < -0.39 is 0 Å². The number of anilines is 3. The van der Waals surface area contributed by atoms with Crippen molar-refractivity contribution in [2.75, 3.05) is 4.90 Å². The van der Waals surface area contributed by atoms with Crippen LogP contribution in [0.4, 0.5) is 17.1 Å². The van der Waals surface area contributed by atoms with Crippen LogP contribution in [0.15, 0.2) is 205 Å². The Balaban J connectivity index is 0.999. The van der Waals surface area contributed by atoms with E-state index in [1.165, 1.54) is 66.8 Å². The van der Waals surface area contributed by atoms with Crippen LogP contribution in [0, 0.1) is 0 Å². The first-order chi connectivity index (χ1) is 30.3.